The second kappa shape index (κ2) is 17.8. The summed E-state index contributed by atoms with van der Waals surface area (Å²) in [4.78, 5) is 12.4. The lowest BCUT2D eigenvalue weighted by Gasteiger charge is -2.38. The third-order valence-electron chi connectivity index (χ3n) is 7.29. The van der Waals surface area contributed by atoms with Crippen LogP contribution in [0.15, 0.2) is 0 Å². The molecule has 0 fully saturated rings. The molecule has 1 amide bonds. The van der Waals surface area contributed by atoms with Crippen LogP contribution in [-0.4, -0.2) is 55.1 Å². The summed E-state index contributed by atoms with van der Waals surface area (Å²) in [6.45, 7) is 18.5. The zero-order valence-electron chi connectivity index (χ0n) is 25.3. The molecule has 7 heteroatoms. The number of amides is 1. The molecule has 0 aromatic carbocycles. The number of ether oxygens (including phenoxy) is 1. The number of carbonyl (C=O) groups is 1. The highest BCUT2D eigenvalue weighted by atomic mass is 28.4. The molecular weight excluding hydrogens is 470 g/mol. The van der Waals surface area contributed by atoms with Crippen molar-refractivity contribution in [1.29, 1.82) is 0 Å². The van der Waals surface area contributed by atoms with Crippen LogP contribution in [0.4, 0.5) is 4.79 Å². The van der Waals surface area contributed by atoms with Crippen LogP contribution >= 0.6 is 0 Å². The monoisotopic (exact) mass is 531 g/mol. The Labute approximate surface area is 224 Å². The SMILES string of the molecule is CCCCCCCCCCCCCC[C@@H](O)[C@@H](O)[C@H](CO[Si](C)(C)C(C)(C)C)NC(=O)OC(C)(C)C. The lowest BCUT2D eigenvalue weighted by molar-refractivity contribution is -0.0236. The van der Waals surface area contributed by atoms with E-state index < -0.39 is 38.3 Å². The van der Waals surface area contributed by atoms with Gasteiger partial charge in [0.1, 0.15) is 11.7 Å². The van der Waals surface area contributed by atoms with Crippen molar-refractivity contribution in [3.8, 4) is 0 Å². The predicted molar refractivity (Wildman–Crippen MR) is 154 cm³/mol. The van der Waals surface area contributed by atoms with Crippen LogP contribution in [0.5, 0.6) is 0 Å². The van der Waals surface area contributed by atoms with E-state index in [0.29, 0.717) is 6.42 Å². The van der Waals surface area contributed by atoms with Gasteiger partial charge in [0.15, 0.2) is 8.32 Å². The molecule has 0 rings (SSSR count). The summed E-state index contributed by atoms with van der Waals surface area (Å²) in [5.74, 6) is 0. The van der Waals surface area contributed by atoms with Crippen molar-refractivity contribution in [3.63, 3.8) is 0 Å². The average molecular weight is 532 g/mol. The van der Waals surface area contributed by atoms with Crippen LogP contribution in [0.2, 0.25) is 18.1 Å². The molecule has 0 bridgehead atoms. The Morgan fingerprint density at radius 1 is 0.806 bits per heavy atom. The van der Waals surface area contributed by atoms with Crippen LogP contribution in [0, 0.1) is 0 Å². The molecule has 0 aromatic heterocycles. The Morgan fingerprint density at radius 2 is 1.25 bits per heavy atom. The highest BCUT2D eigenvalue weighted by Crippen LogP contribution is 2.36. The van der Waals surface area contributed by atoms with E-state index in [1.54, 1.807) is 20.8 Å². The largest absolute Gasteiger partial charge is 0.444 e. The van der Waals surface area contributed by atoms with Crippen LogP contribution in [0.25, 0.3) is 0 Å². The maximum absolute atomic E-state index is 12.4. The fourth-order valence-electron chi connectivity index (χ4n) is 3.83. The lowest BCUT2D eigenvalue weighted by atomic mass is 9.99. The van der Waals surface area contributed by atoms with E-state index in [4.69, 9.17) is 9.16 Å². The Kier molecular flexibility index (Phi) is 17.5. The van der Waals surface area contributed by atoms with Gasteiger partial charge in [-0.05, 0) is 45.3 Å². The van der Waals surface area contributed by atoms with Crippen molar-refractivity contribution < 1.29 is 24.2 Å². The van der Waals surface area contributed by atoms with E-state index in [1.165, 1.54) is 57.8 Å². The molecule has 0 heterocycles. The summed E-state index contributed by atoms with van der Waals surface area (Å²) >= 11 is 0. The van der Waals surface area contributed by atoms with E-state index in [9.17, 15) is 15.0 Å². The summed E-state index contributed by atoms with van der Waals surface area (Å²) in [6.07, 6.45) is 12.9. The Hall–Kier alpha value is -0.633. The predicted octanol–water partition coefficient (Wildman–Crippen LogP) is 7.71. The number of carbonyl (C=O) groups excluding carboxylic acids is 1. The minimum atomic E-state index is -2.09. The Balaban J connectivity index is 4.54. The molecule has 36 heavy (non-hydrogen) atoms. The van der Waals surface area contributed by atoms with Gasteiger partial charge >= 0.3 is 6.09 Å². The van der Waals surface area contributed by atoms with Crippen molar-refractivity contribution in [2.45, 2.75) is 174 Å². The minimum Gasteiger partial charge on any atom is -0.444 e. The molecule has 3 N–H and O–H groups in total. The molecule has 6 nitrogen and oxygen atoms in total. The molecule has 0 aliphatic carbocycles. The van der Waals surface area contributed by atoms with Gasteiger partial charge in [-0.15, -0.1) is 0 Å². The quantitative estimate of drug-likeness (QED) is 0.117. The molecule has 0 saturated heterocycles. The average Bonchev–Trinajstić information content (AvgIpc) is 2.74. The maximum Gasteiger partial charge on any atom is 0.408 e. The minimum absolute atomic E-state index is 0.00207. The highest BCUT2D eigenvalue weighted by Gasteiger charge is 2.39. The van der Waals surface area contributed by atoms with E-state index >= 15 is 0 Å². The fraction of sp³-hybridized carbons (Fsp3) is 0.966. The van der Waals surface area contributed by atoms with Crippen LogP contribution in [0.3, 0.4) is 0 Å². The standard InChI is InChI=1S/C29H61NO5Si/c1-10-11-12-13-14-15-16-17-18-19-20-21-22-25(31)26(32)24(30-27(33)35-28(2,3)4)23-34-36(8,9)29(5,6)7/h24-26,31-32H,10-23H2,1-9H3,(H,30,33)/t24-,25+,26-/m0/s1. The third-order valence-corrected chi connectivity index (χ3v) is 11.8. The van der Waals surface area contributed by atoms with Gasteiger partial charge in [-0.2, -0.15) is 0 Å². The summed E-state index contributed by atoms with van der Waals surface area (Å²) in [5, 5.41) is 24.4. The number of unbranched alkanes of at least 4 members (excludes halogenated alkanes) is 11. The number of hydrogen-bond acceptors (Lipinski definition) is 5. The lowest BCUT2D eigenvalue weighted by Crippen LogP contribution is -2.54. The first-order valence-corrected chi connectivity index (χ1v) is 17.5. The number of aliphatic hydroxyl groups is 2. The van der Waals surface area contributed by atoms with Gasteiger partial charge in [-0.1, -0.05) is 105 Å². The molecule has 0 aromatic rings. The molecule has 0 unspecified atom stereocenters. The van der Waals surface area contributed by atoms with Crippen molar-refractivity contribution >= 4 is 14.4 Å². The highest BCUT2D eigenvalue weighted by molar-refractivity contribution is 6.74. The number of alkyl carbamates (subject to hydrolysis) is 1. The van der Waals surface area contributed by atoms with Gasteiger partial charge in [-0.3, -0.25) is 0 Å². The molecule has 216 valence electrons. The fourth-order valence-corrected chi connectivity index (χ4v) is 4.86. The third kappa shape index (κ3) is 17.0. The van der Waals surface area contributed by atoms with Gasteiger partial charge in [0, 0.05) is 0 Å². The molecule has 3 atom stereocenters. The van der Waals surface area contributed by atoms with Crippen molar-refractivity contribution in [2.24, 2.45) is 0 Å². The van der Waals surface area contributed by atoms with Crippen molar-refractivity contribution in [1.82, 2.24) is 5.32 Å². The number of rotatable bonds is 19. The summed E-state index contributed by atoms with van der Waals surface area (Å²) in [7, 11) is -2.09. The van der Waals surface area contributed by atoms with E-state index in [2.05, 4.69) is 46.1 Å². The maximum atomic E-state index is 12.4. The zero-order valence-corrected chi connectivity index (χ0v) is 26.3. The molecule has 0 aliphatic heterocycles. The van der Waals surface area contributed by atoms with Crippen LogP contribution in [0.1, 0.15) is 132 Å². The van der Waals surface area contributed by atoms with Crippen LogP contribution < -0.4 is 5.32 Å². The zero-order chi connectivity index (χ0) is 27.8. The Bertz CT molecular complexity index is 571. The smallest absolute Gasteiger partial charge is 0.408 e. The van der Waals surface area contributed by atoms with Crippen molar-refractivity contribution in [3.05, 3.63) is 0 Å². The van der Waals surface area contributed by atoms with E-state index in [-0.39, 0.29) is 11.6 Å². The Morgan fingerprint density at radius 3 is 1.67 bits per heavy atom. The normalized spacial score (nSPS) is 15.4. The first-order valence-electron chi connectivity index (χ1n) is 14.6. The molecular formula is C29H61NO5Si. The molecule has 0 aliphatic rings. The first-order chi connectivity index (χ1) is 16.6. The number of hydrogen-bond donors (Lipinski definition) is 3. The van der Waals surface area contributed by atoms with Gasteiger partial charge in [-0.25, -0.2) is 4.79 Å². The van der Waals surface area contributed by atoms with Crippen molar-refractivity contribution in [2.75, 3.05) is 6.61 Å². The molecule has 0 radical (unpaired) electrons. The first kappa shape index (κ1) is 35.4. The van der Waals surface area contributed by atoms with Gasteiger partial charge < -0.3 is 24.7 Å². The van der Waals surface area contributed by atoms with Gasteiger partial charge in [0.25, 0.3) is 0 Å². The summed E-state index contributed by atoms with van der Waals surface area (Å²) < 4.78 is 11.7. The number of aliphatic hydroxyl groups excluding tert-OH is 2. The van der Waals surface area contributed by atoms with E-state index in [1.807, 2.05) is 0 Å². The summed E-state index contributed by atoms with van der Waals surface area (Å²) in [6, 6.07) is -0.735. The second-order valence-electron chi connectivity index (χ2n) is 13.1. The number of nitrogens with one attached hydrogen (secondary N) is 1. The van der Waals surface area contributed by atoms with E-state index in [0.717, 1.165) is 19.3 Å². The topological polar surface area (TPSA) is 88.0 Å². The van der Waals surface area contributed by atoms with Crippen LogP contribution in [-0.2, 0) is 9.16 Å². The molecule has 0 saturated carbocycles. The van der Waals surface area contributed by atoms with Gasteiger partial charge in [0.2, 0.25) is 0 Å². The molecule has 0 spiro atoms. The summed E-state index contributed by atoms with van der Waals surface area (Å²) in [5.41, 5.74) is -0.645. The second-order valence-corrected chi connectivity index (χ2v) is 17.9. The van der Waals surface area contributed by atoms with Gasteiger partial charge in [0.05, 0.1) is 18.8 Å².